The van der Waals surface area contributed by atoms with Gasteiger partial charge in [-0.15, -0.1) is 11.3 Å². The average molecular weight is 526 g/mol. The Balaban J connectivity index is 1.28. The molecule has 0 bridgehead atoms. The zero-order valence-electron chi connectivity index (χ0n) is 21.6. The Morgan fingerprint density at radius 1 is 0.375 bits per heavy atom. The molecule has 0 amide bonds. The molecule has 2 aromatic heterocycles. The molecule has 0 spiro atoms. The minimum atomic E-state index is 1.19. The summed E-state index contributed by atoms with van der Waals surface area (Å²) in [6.45, 7) is 0. The van der Waals surface area contributed by atoms with Gasteiger partial charge < -0.3 is 4.98 Å². The lowest BCUT2D eigenvalue weighted by molar-refractivity contribution is 1.55. The zero-order chi connectivity index (χ0) is 26.2. The average Bonchev–Trinajstić information content (AvgIpc) is 3.60. The van der Waals surface area contributed by atoms with Crippen LogP contribution in [0, 0.1) is 0 Å². The van der Waals surface area contributed by atoms with Gasteiger partial charge in [0.05, 0.1) is 11.0 Å². The van der Waals surface area contributed by atoms with Crippen LogP contribution in [-0.4, -0.2) is 4.98 Å². The van der Waals surface area contributed by atoms with Crippen molar-refractivity contribution in [1.29, 1.82) is 0 Å². The Morgan fingerprint density at radius 3 is 1.88 bits per heavy atom. The molecule has 9 rings (SSSR count). The van der Waals surface area contributed by atoms with E-state index in [1.807, 2.05) is 11.3 Å². The van der Waals surface area contributed by atoms with Gasteiger partial charge in [-0.1, -0.05) is 109 Å². The number of thiophene rings is 1. The first kappa shape index (κ1) is 22.0. The Labute approximate surface area is 234 Å². The van der Waals surface area contributed by atoms with Gasteiger partial charge in [0.15, 0.2) is 0 Å². The molecule has 0 radical (unpaired) electrons. The number of hydrogen-bond acceptors (Lipinski definition) is 1. The van der Waals surface area contributed by atoms with Gasteiger partial charge >= 0.3 is 0 Å². The summed E-state index contributed by atoms with van der Waals surface area (Å²) < 4.78 is 2.68. The summed E-state index contributed by atoms with van der Waals surface area (Å²) in [7, 11) is 0. The number of H-pyrrole nitrogens is 1. The van der Waals surface area contributed by atoms with Crippen LogP contribution in [0.5, 0.6) is 0 Å². The molecule has 2 heteroatoms. The van der Waals surface area contributed by atoms with Crippen molar-refractivity contribution in [3.63, 3.8) is 0 Å². The van der Waals surface area contributed by atoms with E-state index in [0.29, 0.717) is 0 Å². The number of rotatable bonds is 2. The highest BCUT2D eigenvalue weighted by molar-refractivity contribution is 7.25. The lowest BCUT2D eigenvalue weighted by Crippen LogP contribution is -1.83. The molecule has 9 aromatic rings. The molecular weight excluding hydrogens is 502 g/mol. The van der Waals surface area contributed by atoms with Gasteiger partial charge in [0.2, 0.25) is 0 Å². The first-order chi connectivity index (χ1) is 19.8. The Hall–Kier alpha value is -4.92. The van der Waals surface area contributed by atoms with E-state index in [9.17, 15) is 0 Å². The summed E-state index contributed by atoms with van der Waals surface area (Å²) in [5.41, 5.74) is 7.33. The highest BCUT2D eigenvalue weighted by atomic mass is 32.1. The van der Waals surface area contributed by atoms with E-state index in [1.165, 1.54) is 85.8 Å². The summed E-state index contributed by atoms with van der Waals surface area (Å²) in [5.74, 6) is 0. The van der Waals surface area contributed by atoms with E-state index in [-0.39, 0.29) is 0 Å². The molecule has 0 aliphatic carbocycles. The smallest absolute Gasteiger partial charge is 0.0551 e. The van der Waals surface area contributed by atoms with E-state index >= 15 is 0 Å². The molecule has 1 nitrogen and oxygen atoms in total. The van der Waals surface area contributed by atoms with Crippen LogP contribution in [-0.2, 0) is 0 Å². The molecule has 2 heterocycles. The fourth-order valence-corrected chi connectivity index (χ4v) is 7.67. The van der Waals surface area contributed by atoms with E-state index in [2.05, 4.69) is 138 Å². The van der Waals surface area contributed by atoms with Crippen molar-refractivity contribution in [3.05, 3.63) is 133 Å². The molecular formula is C38H23NS. The third kappa shape index (κ3) is 3.08. The monoisotopic (exact) mass is 525 g/mol. The third-order valence-corrected chi connectivity index (χ3v) is 9.55. The number of hydrogen-bond donors (Lipinski definition) is 1. The summed E-state index contributed by atoms with van der Waals surface area (Å²) in [6.07, 6.45) is 0. The first-order valence-corrected chi connectivity index (χ1v) is 14.5. The van der Waals surface area contributed by atoms with Crippen molar-refractivity contribution in [2.45, 2.75) is 0 Å². The van der Waals surface area contributed by atoms with Crippen molar-refractivity contribution in [2.75, 3.05) is 0 Å². The number of benzene rings is 7. The minimum absolute atomic E-state index is 1.19. The Morgan fingerprint density at radius 2 is 1.00 bits per heavy atom. The predicted octanol–water partition coefficient (Wildman–Crippen LogP) is 11.3. The van der Waals surface area contributed by atoms with E-state index < -0.39 is 0 Å². The Bertz CT molecular complexity index is 2440. The van der Waals surface area contributed by atoms with Crippen LogP contribution in [0.25, 0.3) is 85.8 Å². The van der Waals surface area contributed by atoms with Crippen LogP contribution in [0.4, 0.5) is 0 Å². The molecule has 7 aromatic carbocycles. The van der Waals surface area contributed by atoms with Crippen molar-refractivity contribution < 1.29 is 0 Å². The second kappa shape index (κ2) is 8.29. The molecule has 0 unspecified atom stereocenters. The van der Waals surface area contributed by atoms with Crippen molar-refractivity contribution >= 4 is 74.9 Å². The maximum Gasteiger partial charge on any atom is 0.0551 e. The van der Waals surface area contributed by atoms with Crippen LogP contribution in [0.1, 0.15) is 0 Å². The van der Waals surface area contributed by atoms with Crippen LogP contribution < -0.4 is 0 Å². The van der Waals surface area contributed by atoms with Gasteiger partial charge in [-0.25, -0.2) is 0 Å². The van der Waals surface area contributed by atoms with Crippen LogP contribution in [0.2, 0.25) is 0 Å². The lowest BCUT2D eigenvalue weighted by Gasteiger charge is -2.08. The van der Waals surface area contributed by atoms with Crippen molar-refractivity contribution in [2.24, 2.45) is 0 Å². The fourth-order valence-electron chi connectivity index (χ4n) is 6.58. The number of nitrogens with one attached hydrogen (secondary N) is 1. The zero-order valence-corrected chi connectivity index (χ0v) is 22.4. The van der Waals surface area contributed by atoms with E-state index in [0.717, 1.165) is 0 Å². The highest BCUT2D eigenvalue weighted by Crippen LogP contribution is 2.42. The molecule has 0 aliphatic rings. The first-order valence-electron chi connectivity index (χ1n) is 13.7. The summed E-state index contributed by atoms with van der Waals surface area (Å²) in [4.78, 5) is 3.88. The van der Waals surface area contributed by atoms with E-state index in [1.54, 1.807) is 0 Å². The second-order valence-corrected chi connectivity index (χ2v) is 11.7. The standard InChI is InChI=1S/C38H23NS/c1-3-14-30-27(11-1)28-12-2-4-15-31(28)38-36(30)32-17-8-16-26(37(32)39-38)25-10-7-9-23(21-25)24-19-20-35-33(22-24)29-13-5-6-18-34(29)40-35/h1-22,39H. The van der Waals surface area contributed by atoms with Gasteiger partial charge in [0.1, 0.15) is 0 Å². The predicted molar refractivity (Wildman–Crippen MR) is 175 cm³/mol. The number of para-hydroxylation sites is 1. The maximum absolute atomic E-state index is 3.88. The molecule has 1 N–H and O–H groups in total. The number of fused-ring (bicyclic) bond motifs is 11. The Kier molecular flexibility index (Phi) is 4.55. The lowest BCUT2D eigenvalue weighted by atomic mass is 9.95. The molecule has 186 valence electrons. The molecule has 0 saturated heterocycles. The summed E-state index contributed by atoms with van der Waals surface area (Å²) in [5, 5.41) is 10.4. The molecule has 0 fully saturated rings. The maximum atomic E-state index is 3.88. The highest BCUT2D eigenvalue weighted by Gasteiger charge is 2.16. The fraction of sp³-hybridized carbons (Fsp3) is 0. The van der Waals surface area contributed by atoms with Gasteiger partial charge in [0.25, 0.3) is 0 Å². The van der Waals surface area contributed by atoms with Crippen molar-refractivity contribution in [1.82, 2.24) is 4.98 Å². The summed E-state index contributed by atoms with van der Waals surface area (Å²) in [6, 6.07) is 48.8. The van der Waals surface area contributed by atoms with Gasteiger partial charge in [-0.3, -0.25) is 0 Å². The van der Waals surface area contributed by atoms with E-state index in [4.69, 9.17) is 0 Å². The van der Waals surface area contributed by atoms with Crippen LogP contribution >= 0.6 is 11.3 Å². The van der Waals surface area contributed by atoms with Crippen LogP contribution in [0.15, 0.2) is 133 Å². The van der Waals surface area contributed by atoms with Gasteiger partial charge in [-0.05, 0) is 57.1 Å². The van der Waals surface area contributed by atoms with Crippen molar-refractivity contribution in [3.8, 4) is 22.3 Å². The normalized spacial score (nSPS) is 12.0. The topological polar surface area (TPSA) is 15.8 Å². The minimum Gasteiger partial charge on any atom is -0.353 e. The largest absolute Gasteiger partial charge is 0.353 e. The van der Waals surface area contributed by atoms with Crippen LogP contribution in [0.3, 0.4) is 0 Å². The quantitative estimate of drug-likeness (QED) is 0.216. The third-order valence-electron chi connectivity index (χ3n) is 8.40. The molecule has 0 aliphatic heterocycles. The second-order valence-electron chi connectivity index (χ2n) is 10.6. The van der Waals surface area contributed by atoms with Gasteiger partial charge in [-0.2, -0.15) is 0 Å². The van der Waals surface area contributed by atoms with Gasteiger partial charge in [0, 0.05) is 41.9 Å². The molecule has 0 atom stereocenters. The molecule has 40 heavy (non-hydrogen) atoms. The molecule has 0 saturated carbocycles. The number of aromatic amines is 1. The SMILES string of the molecule is c1cc(-c2ccc3sc4ccccc4c3c2)cc(-c2cccc3c2[nH]c2c4ccccc4c4ccccc4c32)c1. The number of aromatic nitrogens is 1. The summed E-state index contributed by atoms with van der Waals surface area (Å²) >= 11 is 1.87.